The molecule has 0 aromatic carbocycles. The van der Waals surface area contributed by atoms with Crippen LogP contribution in [0.2, 0.25) is 0 Å². The molecule has 1 fully saturated rings. The summed E-state index contributed by atoms with van der Waals surface area (Å²) >= 11 is 0. The summed E-state index contributed by atoms with van der Waals surface area (Å²) in [5.74, 6) is 1.58. The minimum Gasteiger partial charge on any atom is -0.466 e. The van der Waals surface area contributed by atoms with Crippen molar-refractivity contribution in [2.45, 2.75) is 44.9 Å². The third-order valence-corrected chi connectivity index (χ3v) is 5.64. The van der Waals surface area contributed by atoms with E-state index in [1.165, 1.54) is 0 Å². The standard InChI is InChI=1S/C13H22N2O3S/c1-9-8-13(11(3)18-9)10(2)15-19(16,17)12-4-6-14-7-5-12/h8,10,12,14-15H,4-7H2,1-3H3. The van der Waals surface area contributed by atoms with Crippen LogP contribution >= 0.6 is 0 Å². The highest BCUT2D eigenvalue weighted by Gasteiger charge is 2.29. The van der Waals surface area contributed by atoms with Crippen LogP contribution in [0.3, 0.4) is 0 Å². The fourth-order valence-corrected chi connectivity index (χ4v) is 4.26. The summed E-state index contributed by atoms with van der Waals surface area (Å²) in [5.41, 5.74) is 0.912. The Kier molecular flexibility index (Phi) is 4.32. The Balaban J connectivity index is 2.09. The van der Waals surface area contributed by atoms with Crippen molar-refractivity contribution >= 4 is 10.0 Å². The Morgan fingerprint density at radius 2 is 2.00 bits per heavy atom. The largest absolute Gasteiger partial charge is 0.466 e. The van der Waals surface area contributed by atoms with Crippen LogP contribution < -0.4 is 10.0 Å². The zero-order chi connectivity index (χ0) is 14.0. The molecular weight excluding hydrogens is 264 g/mol. The van der Waals surface area contributed by atoms with Gasteiger partial charge in [0.1, 0.15) is 11.5 Å². The number of hydrogen-bond donors (Lipinski definition) is 2. The Labute approximate surface area is 114 Å². The predicted molar refractivity (Wildman–Crippen MR) is 74.5 cm³/mol. The SMILES string of the molecule is Cc1cc(C(C)NS(=O)(=O)C2CCNCC2)c(C)o1. The van der Waals surface area contributed by atoms with Crippen molar-refractivity contribution in [3.63, 3.8) is 0 Å². The summed E-state index contributed by atoms with van der Waals surface area (Å²) in [6.45, 7) is 7.12. The fourth-order valence-electron chi connectivity index (χ4n) is 2.59. The van der Waals surface area contributed by atoms with Gasteiger partial charge in [-0.25, -0.2) is 13.1 Å². The van der Waals surface area contributed by atoms with Gasteiger partial charge in [0.25, 0.3) is 0 Å². The highest BCUT2D eigenvalue weighted by molar-refractivity contribution is 7.90. The molecule has 1 aromatic rings. The van der Waals surface area contributed by atoms with E-state index in [0.29, 0.717) is 12.8 Å². The van der Waals surface area contributed by atoms with E-state index in [2.05, 4.69) is 10.0 Å². The van der Waals surface area contributed by atoms with E-state index >= 15 is 0 Å². The Morgan fingerprint density at radius 1 is 1.37 bits per heavy atom. The first kappa shape index (κ1) is 14.6. The van der Waals surface area contributed by atoms with Crippen molar-refractivity contribution in [2.24, 2.45) is 0 Å². The van der Waals surface area contributed by atoms with Gasteiger partial charge in [0.2, 0.25) is 10.0 Å². The minimum absolute atomic E-state index is 0.252. The summed E-state index contributed by atoms with van der Waals surface area (Å²) in [6, 6.07) is 1.64. The Bertz CT molecular complexity index is 530. The van der Waals surface area contributed by atoms with Crippen molar-refractivity contribution in [1.82, 2.24) is 10.0 Å². The van der Waals surface area contributed by atoms with Crippen LogP contribution in [0, 0.1) is 13.8 Å². The molecule has 2 N–H and O–H groups in total. The van der Waals surface area contributed by atoms with Gasteiger partial charge in [0.05, 0.1) is 5.25 Å². The first-order valence-electron chi connectivity index (χ1n) is 6.69. The van der Waals surface area contributed by atoms with Gasteiger partial charge in [-0.15, -0.1) is 0 Å². The molecule has 1 aliphatic heterocycles. The quantitative estimate of drug-likeness (QED) is 0.882. The lowest BCUT2D eigenvalue weighted by Gasteiger charge is -2.24. The van der Waals surface area contributed by atoms with Gasteiger partial charge in [-0.2, -0.15) is 0 Å². The maximum Gasteiger partial charge on any atom is 0.215 e. The molecule has 2 rings (SSSR count). The van der Waals surface area contributed by atoms with Gasteiger partial charge < -0.3 is 9.73 Å². The summed E-state index contributed by atoms with van der Waals surface area (Å²) in [5, 5.41) is 2.89. The predicted octanol–water partition coefficient (Wildman–Crippen LogP) is 1.63. The second kappa shape index (κ2) is 5.64. The lowest BCUT2D eigenvalue weighted by atomic mass is 10.1. The molecule has 6 heteroatoms. The first-order chi connectivity index (χ1) is 8.90. The van der Waals surface area contributed by atoms with Crippen LogP contribution in [0.4, 0.5) is 0 Å². The summed E-state index contributed by atoms with van der Waals surface area (Å²) in [4.78, 5) is 0. The van der Waals surface area contributed by atoms with E-state index in [1.807, 2.05) is 26.8 Å². The summed E-state index contributed by atoms with van der Waals surface area (Å²) < 4.78 is 32.9. The molecule has 1 atom stereocenters. The third-order valence-electron chi connectivity index (χ3n) is 3.61. The van der Waals surface area contributed by atoms with E-state index < -0.39 is 10.0 Å². The van der Waals surface area contributed by atoms with Crippen LogP contribution in [0.1, 0.15) is 42.9 Å². The van der Waals surface area contributed by atoms with Gasteiger partial charge in [-0.3, -0.25) is 0 Å². The monoisotopic (exact) mass is 286 g/mol. The van der Waals surface area contributed by atoms with Gasteiger partial charge in [0, 0.05) is 11.6 Å². The van der Waals surface area contributed by atoms with E-state index in [0.717, 1.165) is 30.2 Å². The maximum absolute atomic E-state index is 12.3. The van der Waals surface area contributed by atoms with E-state index in [1.54, 1.807) is 0 Å². The Hall–Kier alpha value is -0.850. The minimum atomic E-state index is -3.27. The van der Waals surface area contributed by atoms with Gasteiger partial charge >= 0.3 is 0 Å². The molecule has 0 bridgehead atoms. The zero-order valence-electron chi connectivity index (χ0n) is 11.7. The van der Waals surface area contributed by atoms with E-state index in [4.69, 9.17) is 4.42 Å². The highest BCUT2D eigenvalue weighted by Crippen LogP contribution is 2.23. The van der Waals surface area contributed by atoms with Gasteiger partial charge in [-0.1, -0.05) is 0 Å². The number of nitrogens with one attached hydrogen (secondary N) is 2. The number of piperidine rings is 1. The van der Waals surface area contributed by atoms with Crippen LogP contribution in [0.5, 0.6) is 0 Å². The average Bonchev–Trinajstić information content (AvgIpc) is 2.69. The molecule has 0 amide bonds. The van der Waals surface area contributed by atoms with Crippen LogP contribution in [0.25, 0.3) is 0 Å². The van der Waals surface area contributed by atoms with E-state index in [-0.39, 0.29) is 11.3 Å². The van der Waals surface area contributed by atoms with Crippen molar-refractivity contribution in [1.29, 1.82) is 0 Å². The number of hydrogen-bond acceptors (Lipinski definition) is 4. The lowest BCUT2D eigenvalue weighted by Crippen LogP contribution is -2.42. The van der Waals surface area contributed by atoms with Crippen molar-refractivity contribution in [2.75, 3.05) is 13.1 Å². The van der Waals surface area contributed by atoms with E-state index in [9.17, 15) is 8.42 Å². The molecule has 0 saturated carbocycles. The topological polar surface area (TPSA) is 71.3 Å². The second-order valence-corrected chi connectivity index (χ2v) is 7.19. The molecule has 1 aromatic heterocycles. The maximum atomic E-state index is 12.3. The summed E-state index contributed by atoms with van der Waals surface area (Å²) in [6.07, 6.45) is 1.34. The summed E-state index contributed by atoms with van der Waals surface area (Å²) in [7, 11) is -3.27. The zero-order valence-corrected chi connectivity index (χ0v) is 12.5. The Morgan fingerprint density at radius 3 is 2.53 bits per heavy atom. The normalized spacial score (nSPS) is 19.5. The molecule has 2 heterocycles. The molecule has 0 aliphatic carbocycles. The molecule has 108 valence electrons. The average molecular weight is 286 g/mol. The van der Waals surface area contributed by atoms with Crippen LogP contribution in [0.15, 0.2) is 10.5 Å². The molecule has 19 heavy (non-hydrogen) atoms. The second-order valence-electron chi connectivity index (χ2n) is 5.20. The fraction of sp³-hybridized carbons (Fsp3) is 0.692. The molecule has 1 saturated heterocycles. The van der Waals surface area contributed by atoms with Crippen LogP contribution in [-0.4, -0.2) is 26.8 Å². The third kappa shape index (κ3) is 3.38. The molecule has 1 aliphatic rings. The smallest absolute Gasteiger partial charge is 0.215 e. The number of furan rings is 1. The van der Waals surface area contributed by atoms with Gasteiger partial charge in [-0.05, 0) is 52.8 Å². The van der Waals surface area contributed by atoms with Crippen molar-refractivity contribution in [3.8, 4) is 0 Å². The highest BCUT2D eigenvalue weighted by atomic mass is 32.2. The van der Waals surface area contributed by atoms with Crippen LogP contribution in [-0.2, 0) is 10.0 Å². The molecule has 0 radical (unpaired) electrons. The first-order valence-corrected chi connectivity index (χ1v) is 8.23. The molecule has 1 unspecified atom stereocenters. The number of sulfonamides is 1. The molecular formula is C13H22N2O3S. The molecule has 5 nitrogen and oxygen atoms in total. The number of rotatable bonds is 4. The lowest BCUT2D eigenvalue weighted by molar-refractivity contribution is 0.480. The van der Waals surface area contributed by atoms with Crippen molar-refractivity contribution < 1.29 is 12.8 Å². The van der Waals surface area contributed by atoms with Gasteiger partial charge in [0.15, 0.2) is 0 Å². The molecule has 0 spiro atoms. The van der Waals surface area contributed by atoms with Crippen molar-refractivity contribution in [3.05, 3.63) is 23.2 Å². The number of aryl methyl sites for hydroxylation is 2.